The molecule has 7 nitrogen and oxygen atoms in total. The van der Waals surface area contributed by atoms with Gasteiger partial charge < -0.3 is 8.83 Å². The molecule has 1 saturated heterocycles. The van der Waals surface area contributed by atoms with Crippen LogP contribution in [0.4, 0.5) is 4.79 Å². The molecule has 2 aromatic heterocycles. The molecule has 0 aliphatic carbocycles. The van der Waals surface area contributed by atoms with Crippen LogP contribution in [0.1, 0.15) is 11.5 Å². The summed E-state index contributed by atoms with van der Waals surface area (Å²) in [6.07, 6.45) is 2.70. The number of hydrogen-bond donors (Lipinski definition) is 1. The second-order valence-corrected chi connectivity index (χ2v) is 6.13. The molecule has 0 bridgehead atoms. The highest BCUT2D eigenvalue weighted by Gasteiger charge is 2.36. The van der Waals surface area contributed by atoms with Gasteiger partial charge in [0.25, 0.3) is 11.8 Å². The minimum Gasteiger partial charge on any atom is -0.467 e. The summed E-state index contributed by atoms with van der Waals surface area (Å²) in [6, 6.07) is 4.06. The highest BCUT2D eigenvalue weighted by Crippen LogP contribution is 2.28. The van der Waals surface area contributed by atoms with E-state index in [9.17, 15) is 14.4 Å². The SMILES string of the molecule is O=C1NC(=O)N(Cc2ccco2)C(=O)C1=Cc1cc(Br)c(Br)o1. The number of nitrogens with zero attached hydrogens (tertiary/aromatic N) is 1. The van der Waals surface area contributed by atoms with Gasteiger partial charge in [-0.3, -0.25) is 19.8 Å². The lowest BCUT2D eigenvalue weighted by Gasteiger charge is -2.25. The fourth-order valence-electron chi connectivity index (χ4n) is 1.97. The van der Waals surface area contributed by atoms with E-state index in [1.807, 2.05) is 0 Å². The topological polar surface area (TPSA) is 92.8 Å². The summed E-state index contributed by atoms with van der Waals surface area (Å²) >= 11 is 6.41. The Morgan fingerprint density at radius 3 is 2.65 bits per heavy atom. The van der Waals surface area contributed by atoms with Gasteiger partial charge in [0.05, 0.1) is 17.3 Å². The molecule has 0 unspecified atom stereocenters. The molecule has 3 heterocycles. The van der Waals surface area contributed by atoms with Crippen molar-refractivity contribution in [1.82, 2.24) is 10.2 Å². The van der Waals surface area contributed by atoms with E-state index >= 15 is 0 Å². The summed E-state index contributed by atoms with van der Waals surface area (Å²) in [6.45, 7) is -0.0756. The Balaban J connectivity index is 1.91. The molecule has 118 valence electrons. The first kappa shape index (κ1) is 15.8. The van der Waals surface area contributed by atoms with Crippen molar-refractivity contribution in [3.05, 3.63) is 50.7 Å². The zero-order valence-corrected chi connectivity index (χ0v) is 14.5. The summed E-state index contributed by atoms with van der Waals surface area (Å²) in [4.78, 5) is 37.1. The molecule has 4 amide bonds. The Hall–Kier alpha value is -2.13. The number of carbonyl (C=O) groups is 3. The molecule has 0 atom stereocenters. The van der Waals surface area contributed by atoms with Crippen LogP contribution >= 0.6 is 31.9 Å². The van der Waals surface area contributed by atoms with Gasteiger partial charge in [-0.15, -0.1) is 0 Å². The predicted molar refractivity (Wildman–Crippen MR) is 84.9 cm³/mol. The summed E-state index contributed by atoms with van der Waals surface area (Å²) in [7, 11) is 0. The third-order valence-corrected chi connectivity index (χ3v) is 4.74. The Morgan fingerprint density at radius 2 is 2.04 bits per heavy atom. The van der Waals surface area contributed by atoms with Crippen molar-refractivity contribution in [2.45, 2.75) is 6.54 Å². The number of imide groups is 2. The maximum absolute atomic E-state index is 12.4. The highest BCUT2D eigenvalue weighted by molar-refractivity contribution is 9.13. The first-order valence-corrected chi connectivity index (χ1v) is 7.90. The largest absolute Gasteiger partial charge is 0.467 e. The fourth-order valence-corrected chi connectivity index (χ4v) is 2.58. The van der Waals surface area contributed by atoms with Crippen LogP contribution in [0.25, 0.3) is 6.08 Å². The third kappa shape index (κ3) is 3.15. The molecule has 0 radical (unpaired) electrons. The summed E-state index contributed by atoms with van der Waals surface area (Å²) in [5, 5.41) is 2.12. The van der Waals surface area contributed by atoms with E-state index in [1.165, 1.54) is 12.3 Å². The Labute approximate surface area is 146 Å². The van der Waals surface area contributed by atoms with Gasteiger partial charge in [0.2, 0.25) is 0 Å². The molecule has 0 saturated carbocycles. The van der Waals surface area contributed by atoms with E-state index in [4.69, 9.17) is 8.83 Å². The Morgan fingerprint density at radius 1 is 1.26 bits per heavy atom. The van der Waals surface area contributed by atoms with Gasteiger partial charge in [-0.25, -0.2) is 4.79 Å². The third-order valence-electron chi connectivity index (χ3n) is 3.03. The van der Waals surface area contributed by atoms with E-state index < -0.39 is 17.8 Å². The van der Waals surface area contributed by atoms with Crippen LogP contribution in [0.3, 0.4) is 0 Å². The van der Waals surface area contributed by atoms with Crippen molar-refractivity contribution in [3.63, 3.8) is 0 Å². The second-order valence-electron chi connectivity index (χ2n) is 4.56. The molecule has 23 heavy (non-hydrogen) atoms. The quantitative estimate of drug-likeness (QED) is 0.581. The van der Waals surface area contributed by atoms with Crippen molar-refractivity contribution in [2.75, 3.05) is 0 Å². The number of nitrogens with one attached hydrogen (secondary N) is 1. The number of carbonyl (C=O) groups excluding carboxylic acids is 3. The Kier molecular flexibility index (Phi) is 4.22. The van der Waals surface area contributed by atoms with E-state index in [2.05, 4.69) is 37.2 Å². The van der Waals surface area contributed by atoms with Crippen LogP contribution < -0.4 is 5.32 Å². The maximum Gasteiger partial charge on any atom is 0.331 e. The van der Waals surface area contributed by atoms with Gasteiger partial charge in [0.15, 0.2) is 4.67 Å². The highest BCUT2D eigenvalue weighted by atomic mass is 79.9. The normalized spacial score (nSPS) is 17.0. The van der Waals surface area contributed by atoms with Gasteiger partial charge in [-0.1, -0.05) is 0 Å². The number of furan rings is 2. The van der Waals surface area contributed by atoms with Crippen molar-refractivity contribution in [3.8, 4) is 0 Å². The molecule has 1 fully saturated rings. The summed E-state index contributed by atoms with van der Waals surface area (Å²) < 4.78 is 11.5. The molecule has 2 aromatic rings. The lowest BCUT2D eigenvalue weighted by atomic mass is 10.1. The zero-order valence-electron chi connectivity index (χ0n) is 11.3. The molecule has 0 spiro atoms. The molecule has 1 aliphatic rings. The van der Waals surface area contributed by atoms with Gasteiger partial charge in [0, 0.05) is 0 Å². The number of rotatable bonds is 3. The van der Waals surface area contributed by atoms with Gasteiger partial charge >= 0.3 is 6.03 Å². The number of amides is 4. The first-order chi connectivity index (χ1) is 11.0. The number of halogens is 2. The van der Waals surface area contributed by atoms with Gasteiger partial charge in [-0.2, -0.15) is 0 Å². The average molecular weight is 444 g/mol. The van der Waals surface area contributed by atoms with E-state index in [1.54, 1.807) is 18.2 Å². The fraction of sp³-hybridized carbons (Fsp3) is 0.0714. The van der Waals surface area contributed by atoms with Crippen molar-refractivity contribution in [1.29, 1.82) is 0 Å². The average Bonchev–Trinajstić information content (AvgIpc) is 3.10. The van der Waals surface area contributed by atoms with Crippen LogP contribution in [-0.4, -0.2) is 22.7 Å². The number of barbiturate groups is 1. The van der Waals surface area contributed by atoms with Crippen molar-refractivity contribution in [2.24, 2.45) is 0 Å². The number of urea groups is 1. The predicted octanol–water partition coefficient (Wildman–Crippen LogP) is 3.06. The minimum atomic E-state index is -0.796. The molecule has 3 rings (SSSR count). The van der Waals surface area contributed by atoms with Crippen molar-refractivity contribution < 1.29 is 23.2 Å². The summed E-state index contributed by atoms with van der Waals surface area (Å²) in [5.74, 6) is -0.793. The molecular weight excluding hydrogens is 436 g/mol. The second kappa shape index (κ2) is 6.17. The van der Waals surface area contributed by atoms with Crippen LogP contribution in [0.15, 0.2) is 48.0 Å². The molecule has 0 aromatic carbocycles. The summed E-state index contributed by atoms with van der Waals surface area (Å²) in [5.41, 5.74) is -0.204. The molecule has 1 aliphatic heterocycles. The molecule has 9 heteroatoms. The van der Waals surface area contributed by atoms with E-state index in [0.29, 0.717) is 14.9 Å². The zero-order chi connectivity index (χ0) is 16.6. The van der Waals surface area contributed by atoms with Crippen LogP contribution in [0, 0.1) is 0 Å². The lowest BCUT2D eigenvalue weighted by Crippen LogP contribution is -2.53. The minimum absolute atomic E-state index is 0.0756. The van der Waals surface area contributed by atoms with Gasteiger partial charge in [0.1, 0.15) is 17.1 Å². The van der Waals surface area contributed by atoms with Crippen molar-refractivity contribution >= 4 is 55.8 Å². The van der Waals surface area contributed by atoms with Crippen LogP contribution in [0.2, 0.25) is 0 Å². The molecular formula is C14H8Br2N2O5. The van der Waals surface area contributed by atoms with E-state index in [0.717, 1.165) is 4.90 Å². The maximum atomic E-state index is 12.4. The van der Waals surface area contributed by atoms with Gasteiger partial charge in [-0.05, 0) is 56.1 Å². The van der Waals surface area contributed by atoms with E-state index in [-0.39, 0.29) is 17.9 Å². The first-order valence-electron chi connectivity index (χ1n) is 6.32. The smallest absolute Gasteiger partial charge is 0.331 e. The Bertz CT molecular complexity index is 803. The molecule has 1 N–H and O–H groups in total. The lowest BCUT2D eigenvalue weighted by molar-refractivity contribution is -0.130. The standard InChI is InChI=1S/C14H8Br2N2O5/c15-10-5-8(23-11(10)16)4-9-12(19)17-14(21)18(13(9)20)6-7-2-1-3-22-7/h1-5H,6H2,(H,17,19,21). The van der Waals surface area contributed by atoms with Crippen LogP contribution in [-0.2, 0) is 16.1 Å². The number of hydrogen-bond acceptors (Lipinski definition) is 5. The monoisotopic (exact) mass is 442 g/mol. The van der Waals surface area contributed by atoms with Crippen LogP contribution in [0.5, 0.6) is 0 Å².